The highest BCUT2D eigenvalue weighted by Gasteiger charge is 2.59. The Morgan fingerprint density at radius 1 is 1.14 bits per heavy atom. The molecule has 5 heteroatoms. The normalized spacial score (nSPS) is 30.6. The van der Waals surface area contributed by atoms with Crippen LogP contribution in [-0.4, -0.2) is 29.0 Å². The highest BCUT2D eigenvalue weighted by Crippen LogP contribution is 2.66. The first-order valence-electron chi connectivity index (χ1n) is 13.4. The molecule has 2 aromatic carbocycles. The summed E-state index contributed by atoms with van der Waals surface area (Å²) in [5.41, 5.74) is 8.30. The van der Waals surface area contributed by atoms with Gasteiger partial charge in [0.15, 0.2) is 0 Å². The van der Waals surface area contributed by atoms with E-state index in [-0.39, 0.29) is 23.7 Å². The highest BCUT2D eigenvalue weighted by molar-refractivity contribution is 9.10. The van der Waals surface area contributed by atoms with Crippen LogP contribution in [0.1, 0.15) is 80.5 Å². The third-order valence-electron chi connectivity index (χ3n) is 10.0. The summed E-state index contributed by atoms with van der Waals surface area (Å²) in [4.78, 5) is 0. The Morgan fingerprint density at radius 2 is 1.89 bits per heavy atom. The molecule has 5 unspecified atom stereocenters. The van der Waals surface area contributed by atoms with Crippen molar-refractivity contribution < 1.29 is 14.6 Å². The molecule has 0 saturated heterocycles. The maximum Gasteiger partial charge on any atom is 0.118 e. The molecule has 3 aromatic rings. The van der Waals surface area contributed by atoms with Gasteiger partial charge in [0.1, 0.15) is 5.75 Å². The number of aliphatic hydroxyl groups is 1. The molecule has 0 amide bonds. The minimum absolute atomic E-state index is 0.0199. The molecule has 1 aliphatic heterocycles. The number of rotatable bonds is 4. The summed E-state index contributed by atoms with van der Waals surface area (Å²) >= 11 is 4.01. The first kappa shape index (κ1) is 23.3. The summed E-state index contributed by atoms with van der Waals surface area (Å²) in [6.45, 7) is 10.5. The fourth-order valence-corrected chi connectivity index (χ4v) is 9.00. The lowest BCUT2D eigenvalue weighted by Crippen LogP contribution is -2.54. The van der Waals surface area contributed by atoms with Crippen molar-refractivity contribution >= 4 is 26.8 Å². The van der Waals surface area contributed by atoms with Crippen LogP contribution in [0.4, 0.5) is 0 Å². The van der Waals surface area contributed by atoms with E-state index in [9.17, 15) is 5.11 Å². The van der Waals surface area contributed by atoms with Crippen molar-refractivity contribution in [3.8, 4) is 5.75 Å². The van der Waals surface area contributed by atoms with E-state index in [0.717, 1.165) is 31.6 Å². The van der Waals surface area contributed by atoms with Crippen molar-refractivity contribution in [2.75, 3.05) is 13.7 Å². The van der Waals surface area contributed by atoms with Gasteiger partial charge in [0, 0.05) is 39.7 Å². The summed E-state index contributed by atoms with van der Waals surface area (Å²) < 4.78 is 16.3. The molecule has 0 spiro atoms. The molecule has 2 heterocycles. The number of hydrogen-bond acceptors (Lipinski definition) is 3. The quantitative estimate of drug-likeness (QED) is 0.385. The largest absolute Gasteiger partial charge is 0.497 e. The lowest BCUT2D eigenvalue weighted by Gasteiger charge is -2.58. The molecular weight excluding hydrogens is 514 g/mol. The van der Waals surface area contributed by atoms with Gasteiger partial charge in [-0.25, -0.2) is 0 Å². The van der Waals surface area contributed by atoms with Gasteiger partial charge in [0.2, 0.25) is 0 Å². The Hall–Kier alpha value is -1.82. The van der Waals surface area contributed by atoms with Gasteiger partial charge in [-0.2, -0.15) is 0 Å². The molecule has 7 rings (SSSR count). The fourth-order valence-electron chi connectivity index (χ4n) is 8.41. The first-order chi connectivity index (χ1) is 17.1. The molecule has 36 heavy (non-hydrogen) atoms. The predicted molar refractivity (Wildman–Crippen MR) is 146 cm³/mol. The van der Waals surface area contributed by atoms with Gasteiger partial charge in [-0.05, 0) is 91.7 Å². The molecule has 4 aliphatic rings. The lowest BCUT2D eigenvalue weighted by atomic mass is 9.49. The predicted octanol–water partition coefficient (Wildman–Crippen LogP) is 6.88. The van der Waals surface area contributed by atoms with Crippen LogP contribution in [-0.2, 0) is 23.1 Å². The topological polar surface area (TPSA) is 43.6 Å². The second-order valence-corrected chi connectivity index (χ2v) is 13.7. The van der Waals surface area contributed by atoms with Crippen LogP contribution >= 0.6 is 15.9 Å². The van der Waals surface area contributed by atoms with Crippen molar-refractivity contribution in [3.63, 3.8) is 0 Å². The fraction of sp³-hybridized carbons (Fsp3) is 0.548. The smallest absolute Gasteiger partial charge is 0.118 e. The molecule has 190 valence electrons. The van der Waals surface area contributed by atoms with Crippen molar-refractivity contribution in [2.24, 2.45) is 17.8 Å². The van der Waals surface area contributed by atoms with Crippen LogP contribution in [0.5, 0.6) is 5.75 Å². The maximum atomic E-state index is 10.3. The zero-order valence-electron chi connectivity index (χ0n) is 21.9. The molecular formula is C31H36BrNO3. The summed E-state index contributed by atoms with van der Waals surface area (Å²) in [6.07, 6.45) is 3.25. The second-order valence-electron chi connectivity index (χ2n) is 12.8. The van der Waals surface area contributed by atoms with Gasteiger partial charge in [-0.15, -0.1) is 0 Å². The van der Waals surface area contributed by atoms with E-state index >= 15 is 0 Å². The molecule has 0 radical (unpaired) electrons. The average Bonchev–Trinajstić information content (AvgIpc) is 3.25. The Kier molecular flexibility index (Phi) is 4.93. The number of hydrogen-bond donors (Lipinski definition) is 1. The Bertz CT molecular complexity index is 1390. The van der Waals surface area contributed by atoms with Crippen LogP contribution in [0.15, 0.2) is 34.8 Å². The monoisotopic (exact) mass is 549 g/mol. The summed E-state index contributed by atoms with van der Waals surface area (Å²) in [7, 11) is 1.72. The van der Waals surface area contributed by atoms with E-state index in [1.54, 1.807) is 12.7 Å². The SMILES string of the molecule is COc1ccc(Cn2c3c4c5c6c(c(Br)cc52)CC(CO)C2CC(C62)C(C)(C)OC4CC3(C)C)cc1. The van der Waals surface area contributed by atoms with Gasteiger partial charge < -0.3 is 19.1 Å². The van der Waals surface area contributed by atoms with E-state index < -0.39 is 0 Å². The van der Waals surface area contributed by atoms with Crippen LogP contribution in [0.25, 0.3) is 10.9 Å². The zero-order valence-corrected chi connectivity index (χ0v) is 23.5. The van der Waals surface area contributed by atoms with Crippen LogP contribution in [0, 0.1) is 17.8 Å². The molecule has 1 saturated carbocycles. The first-order valence-corrected chi connectivity index (χ1v) is 14.2. The van der Waals surface area contributed by atoms with Crippen molar-refractivity contribution in [3.05, 3.63) is 62.8 Å². The molecule has 0 bridgehead atoms. The van der Waals surface area contributed by atoms with Gasteiger partial charge in [-0.3, -0.25) is 0 Å². The van der Waals surface area contributed by atoms with Gasteiger partial charge in [0.25, 0.3) is 0 Å². The molecule has 3 aliphatic carbocycles. The Morgan fingerprint density at radius 3 is 2.58 bits per heavy atom. The number of halogens is 1. The third kappa shape index (κ3) is 3.00. The third-order valence-corrected chi connectivity index (χ3v) is 10.8. The van der Waals surface area contributed by atoms with E-state index in [4.69, 9.17) is 9.47 Å². The maximum absolute atomic E-state index is 10.3. The Balaban J connectivity index is 1.53. The van der Waals surface area contributed by atoms with Crippen LogP contribution in [0.3, 0.4) is 0 Å². The summed E-state index contributed by atoms with van der Waals surface area (Å²) in [6, 6.07) is 10.9. The van der Waals surface area contributed by atoms with E-state index in [0.29, 0.717) is 23.7 Å². The van der Waals surface area contributed by atoms with Crippen molar-refractivity contribution in [1.82, 2.24) is 4.57 Å². The minimum Gasteiger partial charge on any atom is -0.497 e. The standard InChI is InChI=1S/C31H36BrNO3/c1-30(2)13-24-28-27-23(33(29(28)30)14-16-6-8-18(35-5)9-7-16)12-22(32)20-10-17(15-34)19-11-21(25(19)26(20)27)31(3,4)36-24/h6-9,12,17,19,21,24-25,34H,10-11,13-15H2,1-5H3. The summed E-state index contributed by atoms with van der Waals surface area (Å²) in [5.74, 6) is 2.70. The molecule has 1 aromatic heterocycles. The summed E-state index contributed by atoms with van der Waals surface area (Å²) in [5, 5.41) is 11.8. The van der Waals surface area contributed by atoms with Crippen LogP contribution in [0.2, 0.25) is 0 Å². The van der Waals surface area contributed by atoms with Gasteiger partial charge in [-0.1, -0.05) is 41.9 Å². The van der Waals surface area contributed by atoms with Crippen molar-refractivity contribution in [1.29, 1.82) is 0 Å². The van der Waals surface area contributed by atoms with Gasteiger partial charge in [0.05, 0.1) is 24.3 Å². The zero-order chi connectivity index (χ0) is 25.1. The number of methoxy groups -OCH3 is 1. The number of aliphatic hydroxyl groups excluding tert-OH is 1. The highest BCUT2D eigenvalue weighted by atomic mass is 79.9. The van der Waals surface area contributed by atoms with Crippen LogP contribution < -0.4 is 4.74 Å². The number of nitrogens with zero attached hydrogens (tertiary/aromatic N) is 1. The van der Waals surface area contributed by atoms with Crippen molar-refractivity contribution in [2.45, 2.75) is 76.5 Å². The molecule has 4 nitrogen and oxygen atoms in total. The molecule has 1 N–H and O–H groups in total. The van der Waals surface area contributed by atoms with E-state index in [2.05, 4.69) is 78.5 Å². The number of ether oxygens (including phenoxy) is 2. The lowest BCUT2D eigenvalue weighted by molar-refractivity contribution is -0.159. The number of aromatic nitrogens is 1. The average molecular weight is 551 g/mol. The minimum atomic E-state index is -0.192. The molecule has 5 atom stereocenters. The number of benzene rings is 2. The second kappa shape index (κ2) is 7.61. The van der Waals surface area contributed by atoms with Gasteiger partial charge >= 0.3 is 0 Å². The van der Waals surface area contributed by atoms with E-state index in [1.807, 2.05) is 0 Å². The molecule has 1 fully saturated rings. The van der Waals surface area contributed by atoms with E-state index in [1.165, 1.54) is 37.8 Å². The Labute approximate surface area is 222 Å².